The van der Waals surface area contributed by atoms with Gasteiger partial charge in [0.2, 0.25) is 5.95 Å². The lowest BCUT2D eigenvalue weighted by molar-refractivity contribution is 0.964. The van der Waals surface area contributed by atoms with Gasteiger partial charge >= 0.3 is 0 Å². The fourth-order valence-electron chi connectivity index (χ4n) is 4.08. The Morgan fingerprint density at radius 1 is 0.853 bits per heavy atom. The van der Waals surface area contributed by atoms with E-state index in [2.05, 4.69) is 52.7 Å². The van der Waals surface area contributed by atoms with E-state index in [4.69, 9.17) is 10.2 Å². The van der Waals surface area contributed by atoms with E-state index in [-0.39, 0.29) is 0 Å². The van der Waals surface area contributed by atoms with Crippen LogP contribution >= 0.6 is 0 Å². The number of nitrogens with zero attached hydrogens (tertiary/aromatic N) is 5. The molecule has 3 aromatic heterocycles. The van der Waals surface area contributed by atoms with Gasteiger partial charge in [0.1, 0.15) is 5.52 Å². The SMILES string of the molecule is Cc1cc(-c2ccncc2)cc(C)c1Nc1nc(Nc2ccc(C#N)cc2)nc2ccn(C)c12. The molecular weight excluding hydrogens is 422 g/mol. The summed E-state index contributed by atoms with van der Waals surface area (Å²) in [5.74, 6) is 1.20. The molecule has 0 unspecified atom stereocenters. The number of benzene rings is 2. The van der Waals surface area contributed by atoms with Crippen molar-refractivity contribution in [3.05, 3.63) is 89.9 Å². The average molecular weight is 446 g/mol. The van der Waals surface area contributed by atoms with Gasteiger partial charge in [-0.2, -0.15) is 10.2 Å². The third kappa shape index (κ3) is 4.05. The highest BCUT2D eigenvalue weighted by Gasteiger charge is 2.14. The minimum absolute atomic E-state index is 0.481. The second kappa shape index (κ2) is 8.68. The number of fused-ring (bicyclic) bond motifs is 1. The number of hydrogen-bond acceptors (Lipinski definition) is 6. The number of pyridine rings is 1. The van der Waals surface area contributed by atoms with Crippen molar-refractivity contribution in [3.63, 3.8) is 0 Å². The Morgan fingerprint density at radius 3 is 2.24 bits per heavy atom. The van der Waals surface area contributed by atoms with E-state index < -0.39 is 0 Å². The first-order chi connectivity index (χ1) is 16.5. The third-order valence-electron chi connectivity index (χ3n) is 5.78. The molecule has 2 N–H and O–H groups in total. The van der Waals surface area contributed by atoms with Crippen LogP contribution in [-0.4, -0.2) is 19.5 Å². The van der Waals surface area contributed by atoms with Crippen molar-refractivity contribution in [1.29, 1.82) is 5.26 Å². The summed E-state index contributed by atoms with van der Waals surface area (Å²) >= 11 is 0. The summed E-state index contributed by atoms with van der Waals surface area (Å²) in [6, 6.07) is 19.7. The zero-order valence-corrected chi connectivity index (χ0v) is 19.2. The van der Waals surface area contributed by atoms with Crippen LogP contribution in [0.25, 0.3) is 22.2 Å². The first-order valence-corrected chi connectivity index (χ1v) is 10.9. The van der Waals surface area contributed by atoms with Gasteiger partial charge in [-0.1, -0.05) is 0 Å². The molecule has 0 aliphatic rings. The predicted octanol–water partition coefficient (Wildman–Crippen LogP) is 6.01. The number of anilines is 4. The molecule has 34 heavy (non-hydrogen) atoms. The Bertz CT molecular complexity index is 1500. The van der Waals surface area contributed by atoms with Crippen molar-refractivity contribution >= 4 is 34.2 Å². The molecule has 0 amide bonds. The number of hydrogen-bond donors (Lipinski definition) is 2. The molecule has 0 radical (unpaired) electrons. The van der Waals surface area contributed by atoms with E-state index in [1.165, 1.54) is 0 Å². The van der Waals surface area contributed by atoms with Gasteiger partial charge in [0.05, 0.1) is 17.1 Å². The van der Waals surface area contributed by atoms with Gasteiger partial charge in [-0.15, -0.1) is 0 Å². The number of aryl methyl sites for hydroxylation is 3. The van der Waals surface area contributed by atoms with Gasteiger partial charge < -0.3 is 15.2 Å². The predicted molar refractivity (Wildman–Crippen MR) is 135 cm³/mol. The molecule has 3 heterocycles. The molecule has 2 aromatic carbocycles. The summed E-state index contributed by atoms with van der Waals surface area (Å²) in [5.41, 5.74) is 8.71. The molecule has 0 aliphatic heterocycles. The average Bonchev–Trinajstić information content (AvgIpc) is 3.23. The standard InChI is InChI=1S/C27H23N7/c1-17-14-21(20-8-11-29-12-9-20)15-18(2)24(17)32-26-25-23(10-13-34(25)3)31-27(33-26)30-22-6-4-19(16-28)5-7-22/h4-15H,1-3H3,(H2,30,31,32,33). The molecule has 0 aliphatic carbocycles. The van der Waals surface area contributed by atoms with Crippen LogP contribution in [0.3, 0.4) is 0 Å². The summed E-state index contributed by atoms with van der Waals surface area (Å²) < 4.78 is 2.01. The number of nitriles is 1. The van der Waals surface area contributed by atoms with Crippen molar-refractivity contribution in [3.8, 4) is 17.2 Å². The second-order valence-corrected chi connectivity index (χ2v) is 8.22. The Kier molecular flexibility index (Phi) is 5.40. The first kappa shape index (κ1) is 21.2. The maximum absolute atomic E-state index is 9.03. The molecule has 7 heteroatoms. The molecule has 0 bridgehead atoms. The van der Waals surface area contributed by atoms with E-state index in [0.717, 1.165) is 50.5 Å². The van der Waals surface area contributed by atoms with Crippen LogP contribution in [0.2, 0.25) is 0 Å². The topological polar surface area (TPSA) is 91.4 Å². The Morgan fingerprint density at radius 2 is 1.56 bits per heavy atom. The van der Waals surface area contributed by atoms with Crippen LogP contribution < -0.4 is 10.6 Å². The van der Waals surface area contributed by atoms with Gasteiger partial charge in [0.25, 0.3) is 0 Å². The summed E-state index contributed by atoms with van der Waals surface area (Å²) in [5, 5.41) is 15.9. The number of nitrogens with one attached hydrogen (secondary N) is 2. The maximum Gasteiger partial charge on any atom is 0.229 e. The lowest BCUT2D eigenvalue weighted by atomic mass is 9.99. The molecule has 0 fully saturated rings. The molecule has 0 saturated carbocycles. The van der Waals surface area contributed by atoms with Crippen molar-refractivity contribution < 1.29 is 0 Å². The monoisotopic (exact) mass is 445 g/mol. The molecule has 0 atom stereocenters. The lowest BCUT2D eigenvalue weighted by Crippen LogP contribution is -2.05. The number of rotatable bonds is 5. The molecule has 7 nitrogen and oxygen atoms in total. The van der Waals surface area contributed by atoms with Gasteiger partial charge in [0, 0.05) is 37.0 Å². The van der Waals surface area contributed by atoms with Crippen molar-refractivity contribution in [2.45, 2.75) is 13.8 Å². The Labute approximate surface area is 197 Å². The quantitative estimate of drug-likeness (QED) is 0.344. The molecular formula is C27H23N7. The Hall–Kier alpha value is -4.70. The lowest BCUT2D eigenvalue weighted by Gasteiger charge is -2.16. The minimum Gasteiger partial charge on any atom is -0.346 e. The highest BCUT2D eigenvalue weighted by Crippen LogP contribution is 2.33. The fourth-order valence-corrected chi connectivity index (χ4v) is 4.08. The van der Waals surface area contributed by atoms with Crippen LogP contribution in [0.1, 0.15) is 16.7 Å². The third-order valence-corrected chi connectivity index (χ3v) is 5.78. The van der Waals surface area contributed by atoms with Gasteiger partial charge in [0.15, 0.2) is 5.82 Å². The highest BCUT2D eigenvalue weighted by molar-refractivity contribution is 5.90. The maximum atomic E-state index is 9.03. The smallest absolute Gasteiger partial charge is 0.229 e. The van der Waals surface area contributed by atoms with Crippen LogP contribution in [0.15, 0.2) is 73.2 Å². The minimum atomic E-state index is 0.481. The zero-order valence-electron chi connectivity index (χ0n) is 19.2. The summed E-state index contributed by atoms with van der Waals surface area (Å²) in [6.45, 7) is 4.19. The number of aromatic nitrogens is 4. The van der Waals surface area contributed by atoms with E-state index in [0.29, 0.717) is 11.5 Å². The van der Waals surface area contributed by atoms with Gasteiger partial charge in [-0.3, -0.25) is 4.98 Å². The molecule has 5 aromatic rings. The zero-order chi connectivity index (χ0) is 23.7. The van der Waals surface area contributed by atoms with Crippen LogP contribution in [0.4, 0.5) is 23.1 Å². The first-order valence-electron chi connectivity index (χ1n) is 10.9. The van der Waals surface area contributed by atoms with Crippen molar-refractivity contribution in [2.75, 3.05) is 10.6 Å². The normalized spacial score (nSPS) is 10.8. The second-order valence-electron chi connectivity index (χ2n) is 8.22. The van der Waals surface area contributed by atoms with Crippen molar-refractivity contribution in [2.24, 2.45) is 7.05 Å². The van der Waals surface area contributed by atoms with Crippen LogP contribution in [-0.2, 0) is 7.05 Å². The van der Waals surface area contributed by atoms with Gasteiger partial charge in [-0.05, 0) is 90.7 Å². The molecule has 0 spiro atoms. The summed E-state index contributed by atoms with van der Waals surface area (Å²) in [6.07, 6.45) is 5.59. The van der Waals surface area contributed by atoms with Crippen molar-refractivity contribution in [1.82, 2.24) is 19.5 Å². The largest absolute Gasteiger partial charge is 0.346 e. The fraction of sp³-hybridized carbons (Fsp3) is 0.111. The molecule has 5 rings (SSSR count). The summed E-state index contributed by atoms with van der Waals surface area (Å²) in [7, 11) is 1.98. The van der Waals surface area contributed by atoms with E-state index in [1.807, 2.05) is 60.5 Å². The summed E-state index contributed by atoms with van der Waals surface area (Å²) in [4.78, 5) is 13.6. The van der Waals surface area contributed by atoms with E-state index >= 15 is 0 Å². The molecule has 166 valence electrons. The van der Waals surface area contributed by atoms with Crippen LogP contribution in [0, 0.1) is 25.2 Å². The molecule has 0 saturated heterocycles. The highest BCUT2D eigenvalue weighted by atomic mass is 15.2. The van der Waals surface area contributed by atoms with E-state index in [9.17, 15) is 0 Å². The Balaban J connectivity index is 1.53. The van der Waals surface area contributed by atoms with Crippen LogP contribution in [0.5, 0.6) is 0 Å². The van der Waals surface area contributed by atoms with E-state index in [1.54, 1.807) is 12.1 Å². The van der Waals surface area contributed by atoms with Gasteiger partial charge in [-0.25, -0.2) is 4.98 Å².